The third-order valence-corrected chi connectivity index (χ3v) is 5.58. The van der Waals surface area contributed by atoms with Gasteiger partial charge in [-0.05, 0) is 32.3 Å². The largest absolute Gasteiger partial charge is 0.308 e. The van der Waals surface area contributed by atoms with Crippen LogP contribution in [0.5, 0.6) is 0 Å². The normalized spacial score (nSPS) is 30.1. The minimum absolute atomic E-state index is 0.293. The van der Waals surface area contributed by atoms with Crippen molar-refractivity contribution in [3.8, 4) is 0 Å². The van der Waals surface area contributed by atoms with Gasteiger partial charge in [0.25, 0.3) is 0 Å². The molecule has 0 amide bonds. The Morgan fingerprint density at radius 2 is 2.05 bits per heavy atom. The van der Waals surface area contributed by atoms with Gasteiger partial charge in [0.2, 0.25) is 0 Å². The smallest absolute Gasteiger partial charge is 0.0536 e. The lowest BCUT2D eigenvalue weighted by Crippen LogP contribution is -2.68. The van der Waals surface area contributed by atoms with Crippen molar-refractivity contribution < 1.29 is 0 Å². The minimum Gasteiger partial charge on any atom is -0.308 e. The molecule has 1 atom stereocenters. The van der Waals surface area contributed by atoms with E-state index in [0.717, 1.165) is 19.6 Å². The van der Waals surface area contributed by atoms with E-state index in [1.54, 1.807) is 0 Å². The fraction of sp³-hybridized carbons (Fsp3) is 0.812. The number of nitrogens with zero attached hydrogens (tertiary/aromatic N) is 3. The second kappa shape index (κ2) is 5.49. The van der Waals surface area contributed by atoms with E-state index in [9.17, 15) is 0 Å². The number of aromatic nitrogens is 2. The molecular weight excluding hydrogens is 248 g/mol. The van der Waals surface area contributed by atoms with Crippen LogP contribution >= 0.6 is 0 Å². The van der Waals surface area contributed by atoms with Gasteiger partial charge in [0.15, 0.2) is 0 Å². The number of piperazine rings is 1. The molecule has 1 aromatic heterocycles. The summed E-state index contributed by atoms with van der Waals surface area (Å²) >= 11 is 0. The van der Waals surface area contributed by atoms with Crippen LogP contribution in [0.25, 0.3) is 0 Å². The summed E-state index contributed by atoms with van der Waals surface area (Å²) < 4.78 is 2.05. The van der Waals surface area contributed by atoms with Gasteiger partial charge in [0.1, 0.15) is 0 Å². The van der Waals surface area contributed by atoms with E-state index in [4.69, 9.17) is 0 Å². The highest BCUT2D eigenvalue weighted by Crippen LogP contribution is 2.36. The molecule has 4 heteroatoms. The highest BCUT2D eigenvalue weighted by atomic mass is 15.3. The van der Waals surface area contributed by atoms with Crippen molar-refractivity contribution in [3.05, 3.63) is 18.5 Å². The van der Waals surface area contributed by atoms with E-state index in [1.165, 1.54) is 38.6 Å². The Morgan fingerprint density at radius 1 is 1.25 bits per heavy atom. The molecule has 4 nitrogen and oxygen atoms in total. The first kappa shape index (κ1) is 14.1. The van der Waals surface area contributed by atoms with Crippen LogP contribution in [0.2, 0.25) is 0 Å². The Labute approximate surface area is 122 Å². The summed E-state index contributed by atoms with van der Waals surface area (Å²) in [7, 11) is 0. The zero-order valence-corrected chi connectivity index (χ0v) is 12.9. The molecule has 1 aliphatic carbocycles. The van der Waals surface area contributed by atoms with Crippen LogP contribution < -0.4 is 5.32 Å². The molecule has 1 aromatic rings. The van der Waals surface area contributed by atoms with Crippen LogP contribution in [-0.4, -0.2) is 45.4 Å². The summed E-state index contributed by atoms with van der Waals surface area (Å²) in [5, 5.41) is 8.23. The molecule has 1 N–H and O–H groups in total. The Kier molecular flexibility index (Phi) is 3.87. The molecule has 1 aliphatic heterocycles. The average Bonchev–Trinajstić information content (AvgIpc) is 3.12. The van der Waals surface area contributed by atoms with E-state index >= 15 is 0 Å². The summed E-state index contributed by atoms with van der Waals surface area (Å²) in [6.07, 6.45) is 10.6. The van der Waals surface area contributed by atoms with Gasteiger partial charge in [0, 0.05) is 43.1 Å². The van der Waals surface area contributed by atoms with Gasteiger partial charge in [-0.15, -0.1) is 0 Å². The summed E-state index contributed by atoms with van der Waals surface area (Å²) in [5.41, 5.74) is 0.694. The maximum Gasteiger partial charge on any atom is 0.0536 e. The molecule has 20 heavy (non-hydrogen) atoms. The summed E-state index contributed by atoms with van der Waals surface area (Å²) in [6, 6.07) is 2.01. The summed E-state index contributed by atoms with van der Waals surface area (Å²) in [5.74, 6) is 0. The van der Waals surface area contributed by atoms with E-state index in [1.807, 2.05) is 12.3 Å². The molecule has 1 saturated carbocycles. The highest BCUT2D eigenvalue weighted by molar-refractivity contribution is 5.05. The molecule has 1 unspecified atom stereocenters. The number of hydrogen-bond acceptors (Lipinski definition) is 3. The van der Waals surface area contributed by atoms with Crippen molar-refractivity contribution in [3.63, 3.8) is 0 Å². The van der Waals surface area contributed by atoms with Crippen molar-refractivity contribution in [1.29, 1.82) is 0 Å². The first-order chi connectivity index (χ1) is 9.66. The third-order valence-electron chi connectivity index (χ3n) is 5.58. The Morgan fingerprint density at radius 3 is 2.70 bits per heavy atom. The maximum atomic E-state index is 4.34. The molecule has 0 aromatic carbocycles. The Hall–Kier alpha value is -0.870. The van der Waals surface area contributed by atoms with Crippen molar-refractivity contribution in [2.45, 2.75) is 63.6 Å². The van der Waals surface area contributed by atoms with E-state index < -0.39 is 0 Å². The van der Waals surface area contributed by atoms with Crippen LogP contribution in [0.15, 0.2) is 18.5 Å². The van der Waals surface area contributed by atoms with Crippen molar-refractivity contribution in [1.82, 2.24) is 20.0 Å². The monoisotopic (exact) mass is 276 g/mol. The van der Waals surface area contributed by atoms with Gasteiger partial charge in [-0.2, -0.15) is 5.10 Å². The van der Waals surface area contributed by atoms with Gasteiger partial charge in [0.05, 0.1) is 6.54 Å². The zero-order valence-electron chi connectivity index (χ0n) is 12.9. The molecule has 3 rings (SSSR count). The Balaban J connectivity index is 1.69. The molecule has 112 valence electrons. The van der Waals surface area contributed by atoms with E-state index in [0.29, 0.717) is 11.1 Å². The first-order valence-electron chi connectivity index (χ1n) is 8.13. The molecule has 0 radical (unpaired) electrons. The standard InChI is InChI=1S/C16H28N4/c1-3-15(2)13-17-16(7-4-5-8-16)14-19(15)11-12-20-10-6-9-18-20/h6,9-10,17H,3-5,7-8,11-14H2,1-2H3. The lowest BCUT2D eigenvalue weighted by Gasteiger charge is -2.52. The van der Waals surface area contributed by atoms with E-state index in [-0.39, 0.29) is 0 Å². The molecule has 2 aliphatic rings. The van der Waals surface area contributed by atoms with Crippen molar-refractivity contribution in [2.75, 3.05) is 19.6 Å². The summed E-state index contributed by atoms with van der Waals surface area (Å²) in [6.45, 7) is 9.16. The SMILES string of the molecule is CCC1(C)CNC2(CCCC2)CN1CCn1cccn1. The molecule has 1 saturated heterocycles. The highest BCUT2D eigenvalue weighted by Gasteiger charge is 2.45. The van der Waals surface area contributed by atoms with Gasteiger partial charge < -0.3 is 5.32 Å². The number of nitrogens with one attached hydrogen (secondary N) is 1. The summed E-state index contributed by atoms with van der Waals surface area (Å²) in [4.78, 5) is 2.72. The number of hydrogen-bond donors (Lipinski definition) is 1. The van der Waals surface area contributed by atoms with Crippen LogP contribution in [0.4, 0.5) is 0 Å². The van der Waals surface area contributed by atoms with Crippen molar-refractivity contribution >= 4 is 0 Å². The molecule has 0 bridgehead atoms. The molecule has 2 heterocycles. The van der Waals surface area contributed by atoms with Crippen LogP contribution in [-0.2, 0) is 6.54 Å². The molecule has 1 spiro atoms. The minimum atomic E-state index is 0.293. The van der Waals surface area contributed by atoms with Gasteiger partial charge in [-0.3, -0.25) is 9.58 Å². The van der Waals surface area contributed by atoms with Crippen molar-refractivity contribution in [2.24, 2.45) is 0 Å². The second-order valence-electron chi connectivity index (χ2n) is 6.88. The lowest BCUT2D eigenvalue weighted by molar-refractivity contribution is 0.0113. The predicted molar refractivity (Wildman–Crippen MR) is 81.7 cm³/mol. The lowest BCUT2D eigenvalue weighted by atomic mass is 9.85. The number of rotatable bonds is 4. The fourth-order valence-electron chi connectivity index (χ4n) is 3.84. The van der Waals surface area contributed by atoms with Crippen LogP contribution in [0.1, 0.15) is 46.0 Å². The molecule has 2 fully saturated rings. The zero-order chi connectivity index (χ0) is 14.1. The van der Waals surface area contributed by atoms with Gasteiger partial charge in [-0.1, -0.05) is 19.8 Å². The van der Waals surface area contributed by atoms with Crippen LogP contribution in [0, 0.1) is 0 Å². The van der Waals surface area contributed by atoms with Gasteiger partial charge in [-0.25, -0.2) is 0 Å². The Bertz CT molecular complexity index is 422. The average molecular weight is 276 g/mol. The second-order valence-corrected chi connectivity index (χ2v) is 6.88. The first-order valence-corrected chi connectivity index (χ1v) is 8.13. The van der Waals surface area contributed by atoms with E-state index in [2.05, 4.69) is 40.0 Å². The topological polar surface area (TPSA) is 33.1 Å². The molecular formula is C16H28N4. The predicted octanol–water partition coefficient (Wildman–Crippen LogP) is 2.27. The quantitative estimate of drug-likeness (QED) is 0.916. The van der Waals surface area contributed by atoms with Crippen LogP contribution in [0.3, 0.4) is 0 Å². The fourth-order valence-corrected chi connectivity index (χ4v) is 3.84. The van der Waals surface area contributed by atoms with Gasteiger partial charge >= 0.3 is 0 Å². The third kappa shape index (κ3) is 2.63. The maximum absolute atomic E-state index is 4.34.